The van der Waals surface area contributed by atoms with E-state index in [1.54, 1.807) is 24.3 Å². The van der Waals surface area contributed by atoms with E-state index in [1.165, 1.54) is 19.4 Å². The van der Waals surface area contributed by atoms with Gasteiger partial charge >= 0.3 is 10.2 Å². The Morgan fingerprint density at radius 3 is 2.47 bits per heavy atom. The van der Waals surface area contributed by atoms with Crippen molar-refractivity contribution in [3.8, 4) is 5.75 Å². The molecule has 0 radical (unpaired) electrons. The monoisotopic (exact) mass is 253 g/mol. The fourth-order valence-corrected chi connectivity index (χ4v) is 2.40. The second-order valence-corrected chi connectivity index (χ2v) is 4.78. The molecule has 1 aliphatic rings. The summed E-state index contributed by atoms with van der Waals surface area (Å²) in [5.41, 5.74) is 5.80. The van der Waals surface area contributed by atoms with Crippen molar-refractivity contribution in [2.24, 2.45) is 10.1 Å². The Bertz CT molecular complexity index is 575. The van der Waals surface area contributed by atoms with Gasteiger partial charge in [0.25, 0.3) is 0 Å². The molecule has 0 amide bonds. The van der Waals surface area contributed by atoms with E-state index in [-0.39, 0.29) is 5.84 Å². The number of hydrogen-bond acceptors (Lipinski definition) is 4. The molecule has 0 saturated carbocycles. The highest BCUT2D eigenvalue weighted by molar-refractivity contribution is 7.91. The normalized spacial score (nSPS) is 17.7. The average molecular weight is 253 g/mol. The van der Waals surface area contributed by atoms with Crippen molar-refractivity contribution in [3.63, 3.8) is 0 Å². The van der Waals surface area contributed by atoms with Crippen LogP contribution in [0.4, 0.5) is 5.69 Å². The van der Waals surface area contributed by atoms with Crippen molar-refractivity contribution < 1.29 is 13.2 Å². The summed E-state index contributed by atoms with van der Waals surface area (Å²) in [6.45, 7) is 0. The summed E-state index contributed by atoms with van der Waals surface area (Å²) in [5, 5.41) is 0. The fraction of sp³-hybridized carbons (Fsp3) is 0.100. The van der Waals surface area contributed by atoms with Gasteiger partial charge in [-0.3, -0.25) is 0 Å². The van der Waals surface area contributed by atoms with Gasteiger partial charge in [0, 0.05) is 6.20 Å². The number of rotatable bonds is 2. The van der Waals surface area contributed by atoms with Crippen LogP contribution in [0.15, 0.2) is 40.9 Å². The summed E-state index contributed by atoms with van der Waals surface area (Å²) in [6, 6.07) is 6.58. The first-order valence-corrected chi connectivity index (χ1v) is 6.15. The molecule has 0 aromatic heterocycles. The molecule has 0 atom stereocenters. The molecule has 0 bridgehead atoms. The maximum atomic E-state index is 11.7. The van der Waals surface area contributed by atoms with Crippen molar-refractivity contribution in [2.75, 3.05) is 11.4 Å². The number of anilines is 1. The van der Waals surface area contributed by atoms with Crippen LogP contribution < -0.4 is 14.8 Å². The third kappa shape index (κ3) is 2.23. The van der Waals surface area contributed by atoms with Gasteiger partial charge in [-0.05, 0) is 30.3 Å². The Labute approximate surface area is 99.2 Å². The minimum Gasteiger partial charge on any atom is -0.497 e. The minimum absolute atomic E-state index is 0.0326. The van der Waals surface area contributed by atoms with Crippen LogP contribution in [0.2, 0.25) is 0 Å². The van der Waals surface area contributed by atoms with E-state index in [4.69, 9.17) is 10.5 Å². The first-order valence-electron chi connectivity index (χ1n) is 4.75. The SMILES string of the molecule is COc1ccc(N2C=CC(N)=NS2(=O)=O)cc1. The van der Waals surface area contributed by atoms with Crippen LogP contribution >= 0.6 is 0 Å². The second-order valence-electron chi connectivity index (χ2n) is 3.30. The third-order valence-electron chi connectivity index (χ3n) is 2.18. The number of nitrogens with two attached hydrogens (primary N) is 1. The van der Waals surface area contributed by atoms with Crippen LogP contribution in [0, 0.1) is 0 Å². The largest absolute Gasteiger partial charge is 0.497 e. The lowest BCUT2D eigenvalue weighted by Gasteiger charge is -2.20. The van der Waals surface area contributed by atoms with Gasteiger partial charge in [-0.2, -0.15) is 8.42 Å². The molecule has 17 heavy (non-hydrogen) atoms. The summed E-state index contributed by atoms with van der Waals surface area (Å²) in [4.78, 5) is 0. The first-order chi connectivity index (χ1) is 8.03. The van der Waals surface area contributed by atoms with Crippen LogP contribution in [0.25, 0.3) is 0 Å². The molecule has 1 aromatic carbocycles. The van der Waals surface area contributed by atoms with Gasteiger partial charge in [-0.25, -0.2) is 4.31 Å². The van der Waals surface area contributed by atoms with Gasteiger partial charge in [0.05, 0.1) is 12.8 Å². The zero-order chi connectivity index (χ0) is 12.5. The summed E-state index contributed by atoms with van der Waals surface area (Å²) in [5.74, 6) is 0.616. The van der Waals surface area contributed by atoms with Gasteiger partial charge < -0.3 is 10.5 Å². The van der Waals surface area contributed by atoms with E-state index >= 15 is 0 Å². The number of ether oxygens (including phenoxy) is 1. The van der Waals surface area contributed by atoms with E-state index in [1.807, 2.05) is 0 Å². The topological polar surface area (TPSA) is 85.0 Å². The van der Waals surface area contributed by atoms with Crippen molar-refractivity contribution in [2.45, 2.75) is 0 Å². The standard InChI is InChI=1S/C10H11N3O3S/c1-16-9-4-2-8(3-5-9)13-7-6-10(11)12-17(13,14)15/h2-7H,1H3,(H2,11,12). The van der Waals surface area contributed by atoms with Gasteiger partial charge in [0.1, 0.15) is 11.6 Å². The van der Waals surface area contributed by atoms with E-state index in [0.717, 1.165) is 4.31 Å². The lowest BCUT2D eigenvalue weighted by molar-refractivity contribution is 0.415. The Balaban J connectivity index is 2.38. The van der Waals surface area contributed by atoms with E-state index < -0.39 is 10.2 Å². The molecule has 1 aliphatic heterocycles. The van der Waals surface area contributed by atoms with E-state index in [0.29, 0.717) is 11.4 Å². The zero-order valence-electron chi connectivity index (χ0n) is 9.07. The highest BCUT2D eigenvalue weighted by atomic mass is 32.2. The molecule has 6 nitrogen and oxygen atoms in total. The predicted molar refractivity (Wildman–Crippen MR) is 65.2 cm³/mol. The molecular formula is C10H11N3O3S. The number of hydrogen-bond donors (Lipinski definition) is 1. The maximum absolute atomic E-state index is 11.7. The second kappa shape index (κ2) is 4.10. The molecule has 0 aliphatic carbocycles. The lowest BCUT2D eigenvalue weighted by atomic mass is 10.3. The highest BCUT2D eigenvalue weighted by Crippen LogP contribution is 2.24. The number of amidine groups is 1. The third-order valence-corrected chi connectivity index (χ3v) is 3.45. The molecule has 1 heterocycles. The summed E-state index contributed by atoms with van der Waals surface area (Å²) in [7, 11) is -2.24. The molecule has 7 heteroatoms. The van der Waals surface area contributed by atoms with Crippen LogP contribution in [0.5, 0.6) is 5.75 Å². The Morgan fingerprint density at radius 1 is 1.29 bits per heavy atom. The molecule has 0 saturated heterocycles. The van der Waals surface area contributed by atoms with Crippen LogP contribution in [0.3, 0.4) is 0 Å². The fourth-order valence-electron chi connectivity index (χ4n) is 1.38. The molecule has 2 rings (SSSR count). The molecule has 0 fully saturated rings. The average Bonchev–Trinajstić information content (AvgIpc) is 2.28. The molecule has 90 valence electrons. The maximum Gasteiger partial charge on any atom is 0.350 e. The van der Waals surface area contributed by atoms with Crippen LogP contribution in [-0.4, -0.2) is 21.4 Å². The highest BCUT2D eigenvalue weighted by Gasteiger charge is 2.22. The molecule has 1 aromatic rings. The molecular weight excluding hydrogens is 242 g/mol. The Kier molecular flexibility index (Phi) is 2.76. The molecule has 2 N–H and O–H groups in total. The van der Waals surface area contributed by atoms with E-state index in [2.05, 4.69) is 4.40 Å². The summed E-state index contributed by atoms with van der Waals surface area (Å²) < 4.78 is 32.9. The smallest absolute Gasteiger partial charge is 0.350 e. The number of benzene rings is 1. The number of methoxy groups -OCH3 is 1. The van der Waals surface area contributed by atoms with Crippen molar-refractivity contribution in [1.29, 1.82) is 0 Å². The lowest BCUT2D eigenvalue weighted by Crippen LogP contribution is -2.30. The van der Waals surface area contributed by atoms with Crippen molar-refractivity contribution >= 4 is 21.7 Å². The number of nitrogens with zero attached hydrogens (tertiary/aromatic N) is 2. The van der Waals surface area contributed by atoms with Crippen molar-refractivity contribution in [1.82, 2.24) is 0 Å². The first kappa shape index (κ1) is 11.5. The van der Waals surface area contributed by atoms with Gasteiger partial charge in [0.2, 0.25) is 0 Å². The summed E-state index contributed by atoms with van der Waals surface area (Å²) in [6.07, 6.45) is 2.78. The van der Waals surface area contributed by atoms with Gasteiger partial charge in [-0.15, -0.1) is 4.40 Å². The molecule has 0 spiro atoms. The van der Waals surface area contributed by atoms with Gasteiger partial charge in [0.15, 0.2) is 0 Å². The minimum atomic E-state index is -3.78. The molecule has 0 unspecified atom stereocenters. The van der Waals surface area contributed by atoms with Crippen molar-refractivity contribution in [3.05, 3.63) is 36.5 Å². The predicted octanol–water partition coefficient (Wildman–Crippen LogP) is 0.631. The quantitative estimate of drug-likeness (QED) is 0.837. The Hall–Kier alpha value is -2.02. The van der Waals surface area contributed by atoms with Gasteiger partial charge in [-0.1, -0.05) is 0 Å². The van der Waals surface area contributed by atoms with Crippen LogP contribution in [0.1, 0.15) is 0 Å². The van der Waals surface area contributed by atoms with E-state index in [9.17, 15) is 8.42 Å². The zero-order valence-corrected chi connectivity index (χ0v) is 9.89. The summed E-state index contributed by atoms with van der Waals surface area (Å²) >= 11 is 0. The van der Waals surface area contributed by atoms with Crippen LogP contribution in [-0.2, 0) is 10.2 Å². The Morgan fingerprint density at radius 2 is 1.94 bits per heavy atom.